The highest BCUT2D eigenvalue weighted by molar-refractivity contribution is 5.99. The van der Waals surface area contributed by atoms with Gasteiger partial charge in [0.2, 0.25) is 0 Å². The Morgan fingerprint density at radius 3 is 2.67 bits per heavy atom. The zero-order valence-corrected chi connectivity index (χ0v) is 19.1. The monoisotopic (exact) mass is 436 g/mol. The van der Waals surface area contributed by atoms with Crippen LogP contribution in [0.15, 0.2) is 71.1 Å². The van der Waals surface area contributed by atoms with Gasteiger partial charge in [0.15, 0.2) is 0 Å². The fourth-order valence-corrected chi connectivity index (χ4v) is 5.44. The van der Waals surface area contributed by atoms with Gasteiger partial charge in [-0.15, -0.1) is 0 Å². The van der Waals surface area contributed by atoms with E-state index in [-0.39, 0.29) is 18.0 Å². The highest BCUT2D eigenvalue weighted by Gasteiger charge is 2.28. The van der Waals surface area contributed by atoms with Crippen LogP contribution < -0.4 is 5.32 Å². The lowest BCUT2D eigenvalue weighted by Gasteiger charge is -2.26. The van der Waals surface area contributed by atoms with Crippen molar-refractivity contribution in [2.24, 2.45) is 0 Å². The minimum atomic E-state index is 0.110. The Bertz CT molecular complexity index is 1360. The van der Waals surface area contributed by atoms with Crippen molar-refractivity contribution in [3.8, 4) is 11.1 Å². The van der Waals surface area contributed by atoms with Gasteiger partial charge in [-0.05, 0) is 72.7 Å². The van der Waals surface area contributed by atoms with Crippen LogP contribution in [0.1, 0.15) is 64.7 Å². The summed E-state index contributed by atoms with van der Waals surface area (Å²) in [5.74, 6) is 1.21. The summed E-state index contributed by atoms with van der Waals surface area (Å²) in [6, 6.07) is 23.8. The number of hydrogen-bond acceptors (Lipinski definition) is 3. The molecule has 0 saturated heterocycles. The van der Waals surface area contributed by atoms with Gasteiger partial charge in [-0.25, -0.2) is 0 Å². The van der Waals surface area contributed by atoms with E-state index in [1.54, 1.807) is 4.90 Å². The van der Waals surface area contributed by atoms with E-state index < -0.39 is 0 Å². The van der Waals surface area contributed by atoms with Crippen molar-refractivity contribution < 1.29 is 9.21 Å². The van der Waals surface area contributed by atoms with Gasteiger partial charge in [-0.1, -0.05) is 42.5 Å². The van der Waals surface area contributed by atoms with E-state index in [0.717, 1.165) is 47.3 Å². The maximum Gasteiger partial charge on any atom is 0.254 e. The Balaban J connectivity index is 1.34. The van der Waals surface area contributed by atoms with Crippen LogP contribution in [0.5, 0.6) is 0 Å². The Hall–Kier alpha value is -3.37. The molecule has 33 heavy (non-hydrogen) atoms. The van der Waals surface area contributed by atoms with Gasteiger partial charge in [0.05, 0.1) is 6.04 Å². The first kappa shape index (κ1) is 20.3. The van der Waals surface area contributed by atoms with E-state index in [9.17, 15) is 4.79 Å². The first-order valence-electron chi connectivity index (χ1n) is 11.8. The predicted octanol–water partition coefficient (Wildman–Crippen LogP) is 6.41. The second-order valence-electron chi connectivity index (χ2n) is 9.43. The molecule has 2 atom stereocenters. The first-order chi connectivity index (χ1) is 16.1. The number of nitrogens with zero attached hydrogens (tertiary/aromatic N) is 1. The third kappa shape index (κ3) is 3.46. The lowest BCUT2D eigenvalue weighted by molar-refractivity contribution is 0.0816. The van der Waals surface area contributed by atoms with Gasteiger partial charge < -0.3 is 14.6 Å². The van der Waals surface area contributed by atoms with Crippen LogP contribution in [-0.4, -0.2) is 17.9 Å². The summed E-state index contributed by atoms with van der Waals surface area (Å²) in [4.78, 5) is 14.0. The SMILES string of the molecule is C[C@@H](N[C@@H]1CCCc2c1oc1ccc(-c3ccc4c(c3)CN(C)C4=O)cc21)c1ccccc1. The molecule has 0 radical (unpaired) electrons. The smallest absolute Gasteiger partial charge is 0.254 e. The summed E-state index contributed by atoms with van der Waals surface area (Å²) in [6.45, 7) is 2.90. The molecule has 0 spiro atoms. The van der Waals surface area contributed by atoms with Crippen LogP contribution in [0, 0.1) is 0 Å². The largest absolute Gasteiger partial charge is 0.459 e. The highest BCUT2D eigenvalue weighted by Crippen LogP contribution is 2.40. The van der Waals surface area contributed by atoms with Gasteiger partial charge >= 0.3 is 0 Å². The number of benzene rings is 3. The molecule has 4 nitrogen and oxygen atoms in total. The molecule has 3 aromatic carbocycles. The average molecular weight is 437 g/mol. The minimum absolute atomic E-state index is 0.110. The highest BCUT2D eigenvalue weighted by atomic mass is 16.3. The molecule has 166 valence electrons. The molecule has 0 bridgehead atoms. The maximum absolute atomic E-state index is 12.3. The van der Waals surface area contributed by atoms with Gasteiger partial charge in [0.25, 0.3) is 5.91 Å². The molecule has 1 aliphatic carbocycles. The number of hydrogen-bond donors (Lipinski definition) is 1. The summed E-state index contributed by atoms with van der Waals surface area (Å²) < 4.78 is 6.42. The molecular weight excluding hydrogens is 408 g/mol. The van der Waals surface area contributed by atoms with E-state index in [2.05, 4.69) is 72.9 Å². The quantitative estimate of drug-likeness (QED) is 0.402. The number of nitrogens with one attached hydrogen (secondary N) is 1. The summed E-state index contributed by atoms with van der Waals surface area (Å²) >= 11 is 0. The molecule has 2 aliphatic rings. The van der Waals surface area contributed by atoms with Crippen molar-refractivity contribution in [1.82, 2.24) is 10.2 Å². The third-order valence-corrected chi connectivity index (χ3v) is 7.23. The standard InChI is InChI=1S/C29H28N2O2/c1-18(19-7-4-3-5-8-19)30-26-10-6-9-24-25-16-21(12-14-27(25)33-28(24)26)20-11-13-23-22(15-20)17-31(2)29(23)32/h3-5,7-8,11-16,18,26,30H,6,9-10,17H2,1-2H3/t18-,26-/m1/s1. The van der Waals surface area contributed by atoms with Crippen molar-refractivity contribution in [3.05, 3.63) is 94.7 Å². The molecule has 0 unspecified atom stereocenters. The van der Waals surface area contributed by atoms with E-state index in [1.807, 2.05) is 13.1 Å². The van der Waals surface area contributed by atoms with Crippen molar-refractivity contribution in [3.63, 3.8) is 0 Å². The molecule has 0 fully saturated rings. The Morgan fingerprint density at radius 2 is 1.82 bits per heavy atom. The normalized spacial score (nSPS) is 18.4. The summed E-state index contributed by atoms with van der Waals surface area (Å²) in [5.41, 5.74) is 7.84. The first-order valence-corrected chi connectivity index (χ1v) is 11.8. The lowest BCUT2D eigenvalue weighted by Crippen LogP contribution is -2.27. The fourth-order valence-electron chi connectivity index (χ4n) is 5.44. The van der Waals surface area contributed by atoms with E-state index in [1.165, 1.54) is 22.1 Å². The molecule has 4 heteroatoms. The van der Waals surface area contributed by atoms with Crippen LogP contribution in [-0.2, 0) is 13.0 Å². The zero-order chi connectivity index (χ0) is 22.5. The Labute approximate surface area is 194 Å². The van der Waals surface area contributed by atoms with Gasteiger partial charge in [-0.2, -0.15) is 0 Å². The van der Waals surface area contributed by atoms with Crippen LogP contribution in [0.3, 0.4) is 0 Å². The topological polar surface area (TPSA) is 45.5 Å². The van der Waals surface area contributed by atoms with E-state index >= 15 is 0 Å². The third-order valence-electron chi connectivity index (χ3n) is 7.23. The van der Waals surface area contributed by atoms with Gasteiger partial charge in [-0.3, -0.25) is 4.79 Å². The molecule has 1 amide bonds. The average Bonchev–Trinajstić information content (AvgIpc) is 3.36. The predicted molar refractivity (Wildman–Crippen MR) is 131 cm³/mol. The van der Waals surface area contributed by atoms with Crippen LogP contribution in [0.2, 0.25) is 0 Å². The molecule has 4 aromatic rings. The summed E-state index contributed by atoms with van der Waals surface area (Å²) in [7, 11) is 1.86. The molecule has 1 aromatic heterocycles. The molecular formula is C29H28N2O2. The maximum atomic E-state index is 12.3. The molecule has 0 saturated carbocycles. The Morgan fingerprint density at radius 1 is 1.03 bits per heavy atom. The summed E-state index contributed by atoms with van der Waals surface area (Å²) in [6.07, 6.45) is 3.29. The van der Waals surface area contributed by atoms with Crippen LogP contribution >= 0.6 is 0 Å². The number of aryl methyl sites for hydroxylation is 1. The molecule has 2 heterocycles. The van der Waals surface area contributed by atoms with Crippen LogP contribution in [0.4, 0.5) is 0 Å². The van der Waals surface area contributed by atoms with E-state index in [0.29, 0.717) is 6.54 Å². The number of carbonyl (C=O) groups excluding carboxylic acids is 1. The molecule has 1 aliphatic heterocycles. The fraction of sp³-hybridized carbons (Fsp3) is 0.276. The second-order valence-corrected chi connectivity index (χ2v) is 9.43. The van der Waals surface area contributed by atoms with Crippen molar-refractivity contribution in [2.75, 3.05) is 7.05 Å². The van der Waals surface area contributed by atoms with Crippen molar-refractivity contribution in [1.29, 1.82) is 0 Å². The molecule has 1 N–H and O–H groups in total. The van der Waals surface area contributed by atoms with E-state index in [4.69, 9.17) is 4.42 Å². The van der Waals surface area contributed by atoms with Gasteiger partial charge in [0.1, 0.15) is 11.3 Å². The zero-order valence-electron chi connectivity index (χ0n) is 19.1. The van der Waals surface area contributed by atoms with Crippen molar-refractivity contribution >= 4 is 16.9 Å². The minimum Gasteiger partial charge on any atom is -0.459 e. The lowest BCUT2D eigenvalue weighted by atomic mass is 9.90. The Kier molecular flexibility index (Phi) is 4.84. The summed E-state index contributed by atoms with van der Waals surface area (Å²) in [5, 5.41) is 5.02. The van der Waals surface area contributed by atoms with Crippen LogP contribution in [0.25, 0.3) is 22.1 Å². The van der Waals surface area contributed by atoms with Crippen molar-refractivity contribution in [2.45, 2.75) is 44.8 Å². The number of fused-ring (bicyclic) bond motifs is 4. The number of carbonyl (C=O) groups is 1. The molecule has 6 rings (SSSR count). The van der Waals surface area contributed by atoms with Gasteiger partial charge in [0, 0.05) is 36.1 Å². The number of rotatable bonds is 4. The number of furan rings is 1. The number of amides is 1. The second kappa shape index (κ2) is 7.89.